The van der Waals surface area contributed by atoms with Crippen LogP contribution in [0.3, 0.4) is 0 Å². The van der Waals surface area contributed by atoms with Crippen LogP contribution in [0.5, 0.6) is 0 Å². The Hall–Kier alpha value is -2.66. The number of aromatic nitrogens is 1. The molecule has 0 spiro atoms. The normalized spacial score (nSPS) is 15.4. The lowest BCUT2D eigenvalue weighted by molar-refractivity contribution is -0.892. The number of carbonyl (C=O) groups is 1. The van der Waals surface area contributed by atoms with Crippen LogP contribution in [-0.2, 0) is 0 Å². The second-order valence-electron chi connectivity index (χ2n) is 7.35. The van der Waals surface area contributed by atoms with Crippen LogP contribution in [0.4, 0.5) is 10.1 Å². The Labute approximate surface area is 158 Å². The van der Waals surface area contributed by atoms with Gasteiger partial charge >= 0.3 is 0 Å². The Balaban J connectivity index is 1.44. The fourth-order valence-corrected chi connectivity index (χ4v) is 4.05. The Kier molecular flexibility index (Phi) is 4.70. The predicted molar refractivity (Wildman–Crippen MR) is 106 cm³/mol. The molecule has 0 saturated carbocycles. The van der Waals surface area contributed by atoms with Crippen molar-refractivity contribution in [3.63, 3.8) is 0 Å². The number of nitrogens with zero attached hydrogens (tertiary/aromatic N) is 2. The number of benzene rings is 2. The van der Waals surface area contributed by atoms with E-state index in [1.165, 1.54) is 22.6 Å². The summed E-state index contributed by atoms with van der Waals surface area (Å²) in [5, 5.41) is 1.15. The molecule has 1 aliphatic rings. The molecule has 3 aromatic rings. The fourth-order valence-electron chi connectivity index (χ4n) is 4.05. The number of hydrogen-bond donors (Lipinski definition) is 1. The summed E-state index contributed by atoms with van der Waals surface area (Å²) in [6, 6.07) is 14.8. The first-order valence-electron chi connectivity index (χ1n) is 9.48. The summed E-state index contributed by atoms with van der Waals surface area (Å²) in [7, 11) is 0. The molecule has 140 valence electrons. The van der Waals surface area contributed by atoms with Gasteiger partial charge in [-0.1, -0.05) is 18.2 Å². The fraction of sp³-hybridized carbons (Fsp3) is 0.318. The highest BCUT2D eigenvalue weighted by atomic mass is 19.1. The summed E-state index contributed by atoms with van der Waals surface area (Å²) in [5.41, 5.74) is 4.26. The highest BCUT2D eigenvalue weighted by Crippen LogP contribution is 2.24. The topological polar surface area (TPSA) is 29.7 Å². The zero-order chi connectivity index (χ0) is 19.0. The minimum atomic E-state index is -0.210. The number of hydrogen-bond acceptors (Lipinski definition) is 2. The van der Waals surface area contributed by atoms with Gasteiger partial charge in [0.1, 0.15) is 5.82 Å². The highest BCUT2D eigenvalue weighted by molar-refractivity contribution is 5.96. The van der Waals surface area contributed by atoms with Crippen LogP contribution in [-0.4, -0.2) is 43.2 Å². The van der Waals surface area contributed by atoms with Gasteiger partial charge in [0, 0.05) is 16.8 Å². The van der Waals surface area contributed by atoms with Crippen molar-refractivity contribution in [2.75, 3.05) is 37.6 Å². The number of aryl methyl sites for hydroxylation is 1. The summed E-state index contributed by atoms with van der Waals surface area (Å²) in [6.07, 6.45) is 0. The van der Waals surface area contributed by atoms with Gasteiger partial charge in [0.05, 0.1) is 31.7 Å². The zero-order valence-corrected chi connectivity index (χ0v) is 15.8. The molecule has 1 aliphatic heterocycles. The molecule has 5 heteroatoms. The van der Waals surface area contributed by atoms with Crippen molar-refractivity contribution in [1.82, 2.24) is 4.57 Å². The second-order valence-corrected chi connectivity index (χ2v) is 7.35. The van der Waals surface area contributed by atoms with Crippen molar-refractivity contribution >= 4 is 22.5 Å². The van der Waals surface area contributed by atoms with E-state index in [4.69, 9.17) is 0 Å². The van der Waals surface area contributed by atoms with Crippen molar-refractivity contribution in [2.24, 2.45) is 0 Å². The van der Waals surface area contributed by atoms with Crippen LogP contribution in [0.2, 0.25) is 0 Å². The molecule has 0 bridgehead atoms. The van der Waals surface area contributed by atoms with E-state index in [-0.39, 0.29) is 11.7 Å². The van der Waals surface area contributed by atoms with Gasteiger partial charge in [-0.05, 0) is 49.7 Å². The molecule has 2 aromatic carbocycles. The highest BCUT2D eigenvalue weighted by Gasteiger charge is 2.25. The number of rotatable bonds is 3. The number of anilines is 1. The minimum Gasteiger partial charge on any atom is -0.360 e. The first-order valence-corrected chi connectivity index (χ1v) is 9.48. The van der Waals surface area contributed by atoms with E-state index in [0.29, 0.717) is 6.54 Å². The standard InChI is InChI=1S/C22H24FN3O/c1-16-17(2)26(21-6-4-3-5-20(16)21)22(27)15-24-11-13-25(14-12-24)19-9-7-18(23)8-10-19/h3-10H,11-15H2,1-2H3/p+1. The van der Waals surface area contributed by atoms with Crippen molar-refractivity contribution in [1.29, 1.82) is 0 Å². The maximum atomic E-state index is 13.1. The average Bonchev–Trinajstić information content (AvgIpc) is 2.94. The third kappa shape index (κ3) is 3.35. The van der Waals surface area contributed by atoms with Gasteiger partial charge in [0.25, 0.3) is 5.91 Å². The summed E-state index contributed by atoms with van der Waals surface area (Å²) in [6.45, 7) is 8.15. The number of halogens is 1. The molecule has 1 N–H and O–H groups in total. The lowest BCUT2D eigenvalue weighted by Crippen LogP contribution is -3.15. The van der Waals surface area contributed by atoms with Crippen LogP contribution in [0.1, 0.15) is 16.1 Å². The molecule has 1 fully saturated rings. The number of quaternary nitrogens is 1. The van der Waals surface area contributed by atoms with Gasteiger partial charge in [-0.3, -0.25) is 9.36 Å². The largest absolute Gasteiger partial charge is 0.360 e. The average molecular weight is 366 g/mol. The predicted octanol–water partition coefficient (Wildman–Crippen LogP) is 2.44. The number of para-hydroxylation sites is 1. The minimum absolute atomic E-state index is 0.155. The molecule has 4 rings (SSSR count). The van der Waals surface area contributed by atoms with Crippen molar-refractivity contribution in [2.45, 2.75) is 13.8 Å². The van der Waals surface area contributed by atoms with Crippen molar-refractivity contribution in [3.8, 4) is 0 Å². The molecule has 1 aromatic heterocycles. The van der Waals surface area contributed by atoms with Gasteiger partial charge in [-0.15, -0.1) is 0 Å². The van der Waals surface area contributed by atoms with E-state index in [2.05, 4.69) is 17.9 Å². The van der Waals surface area contributed by atoms with E-state index in [1.54, 1.807) is 0 Å². The van der Waals surface area contributed by atoms with Crippen LogP contribution < -0.4 is 9.80 Å². The lowest BCUT2D eigenvalue weighted by Gasteiger charge is -2.33. The first kappa shape index (κ1) is 17.7. The van der Waals surface area contributed by atoms with Crippen molar-refractivity contribution < 1.29 is 14.1 Å². The van der Waals surface area contributed by atoms with Gasteiger partial charge in [0.2, 0.25) is 0 Å². The quantitative estimate of drug-likeness (QED) is 0.772. The molecule has 0 amide bonds. The smallest absolute Gasteiger partial charge is 0.286 e. The van der Waals surface area contributed by atoms with Gasteiger partial charge < -0.3 is 9.80 Å². The third-order valence-corrected chi connectivity index (χ3v) is 5.74. The van der Waals surface area contributed by atoms with Gasteiger partial charge in [-0.2, -0.15) is 0 Å². The molecule has 0 unspecified atom stereocenters. The maximum absolute atomic E-state index is 13.1. The van der Waals surface area contributed by atoms with E-state index in [0.717, 1.165) is 48.5 Å². The summed E-state index contributed by atoms with van der Waals surface area (Å²) < 4.78 is 15.0. The Bertz CT molecular complexity index is 969. The van der Waals surface area contributed by atoms with Crippen LogP contribution in [0.15, 0.2) is 48.5 Å². The molecular weight excluding hydrogens is 341 g/mol. The molecule has 1 saturated heterocycles. The Morgan fingerprint density at radius 3 is 2.41 bits per heavy atom. The number of carbonyl (C=O) groups excluding carboxylic acids is 1. The maximum Gasteiger partial charge on any atom is 0.286 e. The summed E-state index contributed by atoms with van der Waals surface area (Å²) in [4.78, 5) is 16.6. The molecule has 2 heterocycles. The number of nitrogens with one attached hydrogen (secondary N) is 1. The molecule has 4 nitrogen and oxygen atoms in total. The van der Waals surface area contributed by atoms with Crippen LogP contribution >= 0.6 is 0 Å². The molecule has 0 atom stereocenters. The van der Waals surface area contributed by atoms with Gasteiger partial charge in [0.15, 0.2) is 6.54 Å². The van der Waals surface area contributed by atoms with Gasteiger partial charge in [-0.25, -0.2) is 4.39 Å². The Morgan fingerprint density at radius 2 is 1.70 bits per heavy atom. The Morgan fingerprint density at radius 1 is 1.04 bits per heavy atom. The second kappa shape index (κ2) is 7.16. The molecular formula is C22H25FN3O+. The van der Waals surface area contributed by atoms with E-state index >= 15 is 0 Å². The summed E-state index contributed by atoms with van der Waals surface area (Å²) in [5.74, 6) is -0.0553. The number of fused-ring (bicyclic) bond motifs is 1. The first-order chi connectivity index (χ1) is 13.0. The van der Waals surface area contributed by atoms with Crippen LogP contribution in [0, 0.1) is 19.7 Å². The lowest BCUT2D eigenvalue weighted by atomic mass is 10.2. The summed E-state index contributed by atoms with van der Waals surface area (Å²) >= 11 is 0. The van der Waals surface area contributed by atoms with E-state index in [9.17, 15) is 9.18 Å². The van der Waals surface area contributed by atoms with Crippen molar-refractivity contribution in [3.05, 3.63) is 65.6 Å². The third-order valence-electron chi connectivity index (χ3n) is 5.74. The molecule has 0 aliphatic carbocycles. The van der Waals surface area contributed by atoms with E-state index < -0.39 is 0 Å². The SMILES string of the molecule is Cc1c(C)n(C(=O)C[NH+]2CCN(c3ccc(F)cc3)CC2)c2ccccc12. The molecule has 0 radical (unpaired) electrons. The van der Waals surface area contributed by atoms with Crippen LogP contribution in [0.25, 0.3) is 10.9 Å². The number of piperazine rings is 1. The van der Waals surface area contributed by atoms with E-state index in [1.807, 2.05) is 41.8 Å². The molecule has 27 heavy (non-hydrogen) atoms. The zero-order valence-electron chi connectivity index (χ0n) is 15.8. The monoisotopic (exact) mass is 366 g/mol.